The molecule has 1 aliphatic heterocycles. The fourth-order valence-electron chi connectivity index (χ4n) is 4.47. The average molecular weight is 433 g/mol. The summed E-state index contributed by atoms with van der Waals surface area (Å²) in [5.74, 6) is 0.491. The number of nitrogens with one attached hydrogen (secondary N) is 2. The molecule has 4 rings (SSSR count). The van der Waals surface area contributed by atoms with Crippen molar-refractivity contribution in [2.24, 2.45) is 5.92 Å². The third-order valence-electron chi connectivity index (χ3n) is 6.31. The molecule has 31 heavy (non-hydrogen) atoms. The Bertz CT molecular complexity index is 1020. The lowest BCUT2D eigenvalue weighted by molar-refractivity contribution is 0.502. The Morgan fingerprint density at radius 1 is 0.903 bits per heavy atom. The van der Waals surface area contributed by atoms with Gasteiger partial charge in [0, 0.05) is 45.3 Å². The van der Waals surface area contributed by atoms with Gasteiger partial charge in [-0.05, 0) is 83.6 Å². The number of thiocarbonyl (C=S) groups is 1. The number of hydrogen-bond acceptors (Lipinski definition) is 3. The molecule has 4 nitrogen and oxygen atoms in total. The predicted molar refractivity (Wildman–Crippen MR) is 137 cm³/mol. The lowest BCUT2D eigenvalue weighted by Gasteiger charge is -2.39. The number of allylic oxidation sites excluding steroid dienone is 1. The molecule has 2 N–H and O–H groups in total. The quantitative estimate of drug-likeness (QED) is 0.656. The standard InChI is InChI=1S/C26H32N4S/c1-17-6-9-20(16-18-7-12-21(13-8-18)29(2)3)25-23(17)24(27-26(31)28-25)19-10-14-22(15-11-19)30(4)5/h7-8,10-17,24H,6,9H2,1-5H3,(H2,27,28,31)/b20-16-. The molecule has 1 heterocycles. The first-order chi connectivity index (χ1) is 14.8. The zero-order valence-electron chi connectivity index (χ0n) is 19.1. The van der Waals surface area contributed by atoms with Gasteiger partial charge in [-0.2, -0.15) is 0 Å². The third-order valence-corrected chi connectivity index (χ3v) is 6.53. The number of benzene rings is 2. The third kappa shape index (κ3) is 4.47. The summed E-state index contributed by atoms with van der Waals surface area (Å²) in [6.07, 6.45) is 4.51. The Morgan fingerprint density at radius 2 is 1.48 bits per heavy atom. The van der Waals surface area contributed by atoms with Crippen LogP contribution in [0, 0.1) is 5.92 Å². The van der Waals surface area contributed by atoms with Gasteiger partial charge in [-0.3, -0.25) is 0 Å². The van der Waals surface area contributed by atoms with Crippen molar-refractivity contribution in [2.75, 3.05) is 38.0 Å². The Hall–Kier alpha value is -2.79. The lowest BCUT2D eigenvalue weighted by Crippen LogP contribution is -2.46. The van der Waals surface area contributed by atoms with Crippen LogP contribution in [0.5, 0.6) is 0 Å². The summed E-state index contributed by atoms with van der Waals surface area (Å²) < 4.78 is 0. The molecule has 2 aromatic carbocycles. The summed E-state index contributed by atoms with van der Waals surface area (Å²) in [4.78, 5) is 4.25. The summed E-state index contributed by atoms with van der Waals surface area (Å²) in [5, 5.41) is 7.72. The first-order valence-corrected chi connectivity index (χ1v) is 11.3. The van der Waals surface area contributed by atoms with E-state index in [1.807, 2.05) is 0 Å². The van der Waals surface area contributed by atoms with Crippen LogP contribution in [0.2, 0.25) is 0 Å². The predicted octanol–water partition coefficient (Wildman–Crippen LogP) is 5.11. The molecule has 2 aliphatic rings. The number of rotatable bonds is 4. The molecule has 0 aromatic heterocycles. The summed E-state index contributed by atoms with van der Waals surface area (Å²) in [5.41, 5.74) is 8.85. The fraction of sp³-hybridized carbons (Fsp3) is 0.346. The smallest absolute Gasteiger partial charge is 0.171 e. The normalized spacial score (nSPS) is 22.0. The highest BCUT2D eigenvalue weighted by Crippen LogP contribution is 2.42. The molecule has 0 amide bonds. The van der Waals surface area contributed by atoms with Crippen molar-refractivity contribution in [3.05, 3.63) is 76.5 Å². The molecule has 0 saturated carbocycles. The minimum atomic E-state index is 0.106. The van der Waals surface area contributed by atoms with Crippen molar-refractivity contribution >= 4 is 34.8 Å². The van der Waals surface area contributed by atoms with Gasteiger partial charge in [0.05, 0.1) is 6.04 Å². The minimum Gasteiger partial charge on any atom is -0.378 e. The van der Waals surface area contributed by atoms with Crippen molar-refractivity contribution in [1.29, 1.82) is 0 Å². The first kappa shape index (κ1) is 21.4. The highest BCUT2D eigenvalue weighted by atomic mass is 32.1. The van der Waals surface area contributed by atoms with Crippen molar-refractivity contribution < 1.29 is 0 Å². The van der Waals surface area contributed by atoms with E-state index in [1.165, 1.54) is 39.3 Å². The maximum Gasteiger partial charge on any atom is 0.171 e. The fourth-order valence-corrected chi connectivity index (χ4v) is 4.69. The molecule has 0 radical (unpaired) electrons. The molecular weight excluding hydrogens is 400 g/mol. The number of hydrogen-bond donors (Lipinski definition) is 2. The van der Waals surface area contributed by atoms with Gasteiger partial charge in [0.1, 0.15) is 0 Å². The van der Waals surface area contributed by atoms with Gasteiger partial charge in [0.15, 0.2) is 5.11 Å². The molecule has 2 unspecified atom stereocenters. The second kappa shape index (κ2) is 8.75. The Balaban J connectivity index is 1.73. The molecule has 0 bridgehead atoms. The molecular formula is C26H32N4S. The van der Waals surface area contributed by atoms with E-state index in [4.69, 9.17) is 12.2 Å². The van der Waals surface area contributed by atoms with Gasteiger partial charge >= 0.3 is 0 Å². The monoisotopic (exact) mass is 432 g/mol. The highest BCUT2D eigenvalue weighted by Gasteiger charge is 2.34. The highest BCUT2D eigenvalue weighted by molar-refractivity contribution is 7.80. The molecule has 162 valence electrons. The van der Waals surface area contributed by atoms with E-state index in [9.17, 15) is 0 Å². The van der Waals surface area contributed by atoms with Crippen LogP contribution in [0.1, 0.15) is 36.9 Å². The van der Waals surface area contributed by atoms with Crippen LogP contribution in [0.25, 0.3) is 6.08 Å². The second-order valence-corrected chi connectivity index (χ2v) is 9.35. The molecule has 2 atom stereocenters. The summed E-state index contributed by atoms with van der Waals surface area (Å²) in [6, 6.07) is 17.6. The van der Waals surface area contributed by atoms with Crippen molar-refractivity contribution in [2.45, 2.75) is 25.8 Å². The van der Waals surface area contributed by atoms with Crippen LogP contribution in [0.3, 0.4) is 0 Å². The summed E-state index contributed by atoms with van der Waals surface area (Å²) >= 11 is 5.62. The second-order valence-electron chi connectivity index (χ2n) is 8.94. The van der Waals surface area contributed by atoms with Crippen LogP contribution >= 0.6 is 12.2 Å². The molecule has 0 spiro atoms. The largest absolute Gasteiger partial charge is 0.378 e. The Morgan fingerprint density at radius 3 is 2.06 bits per heavy atom. The zero-order valence-corrected chi connectivity index (χ0v) is 19.9. The SMILES string of the molecule is CC1CC/C(=C/c2ccc(N(C)C)cc2)C2=C1C(c1ccc(N(C)C)cc1)NC(=S)N2. The first-order valence-electron chi connectivity index (χ1n) is 10.9. The van der Waals surface area contributed by atoms with E-state index < -0.39 is 0 Å². The maximum absolute atomic E-state index is 5.62. The van der Waals surface area contributed by atoms with E-state index in [0.717, 1.165) is 12.8 Å². The zero-order chi connectivity index (χ0) is 22.1. The lowest BCUT2D eigenvalue weighted by atomic mass is 9.77. The van der Waals surface area contributed by atoms with Crippen molar-refractivity contribution in [3.63, 3.8) is 0 Å². The molecule has 2 aromatic rings. The molecule has 0 saturated heterocycles. The van der Waals surface area contributed by atoms with Gasteiger partial charge in [-0.25, -0.2) is 0 Å². The topological polar surface area (TPSA) is 30.5 Å². The van der Waals surface area contributed by atoms with Crippen LogP contribution in [0.15, 0.2) is 65.4 Å². The minimum absolute atomic E-state index is 0.106. The number of anilines is 2. The van der Waals surface area contributed by atoms with E-state index >= 15 is 0 Å². The van der Waals surface area contributed by atoms with Crippen molar-refractivity contribution in [3.8, 4) is 0 Å². The van der Waals surface area contributed by atoms with Crippen LogP contribution < -0.4 is 20.4 Å². The van der Waals surface area contributed by atoms with Crippen LogP contribution in [0.4, 0.5) is 11.4 Å². The van der Waals surface area contributed by atoms with Gasteiger partial charge in [-0.15, -0.1) is 0 Å². The van der Waals surface area contributed by atoms with Gasteiger partial charge in [0.25, 0.3) is 0 Å². The molecule has 5 heteroatoms. The van der Waals surface area contributed by atoms with E-state index in [-0.39, 0.29) is 6.04 Å². The number of nitrogens with zero attached hydrogens (tertiary/aromatic N) is 2. The van der Waals surface area contributed by atoms with E-state index in [0.29, 0.717) is 11.0 Å². The van der Waals surface area contributed by atoms with Gasteiger partial charge in [-0.1, -0.05) is 31.2 Å². The summed E-state index contributed by atoms with van der Waals surface area (Å²) in [6.45, 7) is 2.33. The van der Waals surface area contributed by atoms with Gasteiger partial charge < -0.3 is 20.4 Å². The Labute approximate surface area is 191 Å². The Kier molecular flexibility index (Phi) is 6.05. The summed E-state index contributed by atoms with van der Waals surface area (Å²) in [7, 11) is 8.27. The molecule has 1 aliphatic carbocycles. The van der Waals surface area contributed by atoms with Gasteiger partial charge in [0.2, 0.25) is 0 Å². The van der Waals surface area contributed by atoms with Crippen LogP contribution in [-0.2, 0) is 0 Å². The van der Waals surface area contributed by atoms with Crippen LogP contribution in [-0.4, -0.2) is 33.3 Å². The van der Waals surface area contributed by atoms with E-state index in [2.05, 4.69) is 110 Å². The average Bonchev–Trinajstić information content (AvgIpc) is 2.75. The maximum atomic E-state index is 5.62. The van der Waals surface area contributed by atoms with Crippen molar-refractivity contribution in [1.82, 2.24) is 10.6 Å². The molecule has 0 fully saturated rings. The van der Waals surface area contributed by atoms with E-state index in [1.54, 1.807) is 0 Å².